The minimum atomic E-state index is -0.0831. The first kappa shape index (κ1) is 13.4. The molecular formula is C10H17N5OS. The lowest BCUT2D eigenvalue weighted by Crippen LogP contribution is -2.35. The molecule has 0 aromatic carbocycles. The van der Waals surface area contributed by atoms with E-state index in [1.807, 2.05) is 6.92 Å². The normalized spacial score (nSPS) is 10.1. The molecular weight excluding hydrogens is 238 g/mol. The molecule has 0 aliphatic rings. The van der Waals surface area contributed by atoms with Crippen LogP contribution in [0.15, 0.2) is 0 Å². The summed E-state index contributed by atoms with van der Waals surface area (Å²) in [5, 5.41) is 6.83. The maximum atomic E-state index is 11.3. The van der Waals surface area contributed by atoms with Crippen molar-refractivity contribution in [1.82, 2.24) is 15.1 Å². The molecule has 0 saturated heterocycles. The largest absolute Gasteiger partial charge is 0.389 e. The monoisotopic (exact) mass is 255 g/mol. The van der Waals surface area contributed by atoms with E-state index in [4.69, 9.17) is 18.0 Å². The fraction of sp³-hybridized carbons (Fsp3) is 0.500. The summed E-state index contributed by atoms with van der Waals surface area (Å²) in [7, 11) is 5.19. The van der Waals surface area contributed by atoms with Gasteiger partial charge < -0.3 is 16.0 Å². The number of anilines is 1. The van der Waals surface area contributed by atoms with Crippen molar-refractivity contribution in [2.45, 2.75) is 6.92 Å². The molecule has 0 fully saturated rings. The summed E-state index contributed by atoms with van der Waals surface area (Å²) < 4.78 is 1.67. The van der Waals surface area contributed by atoms with Crippen LogP contribution in [0.3, 0.4) is 0 Å². The smallest absolute Gasteiger partial charge is 0.239 e. The Bertz CT molecular complexity index is 454. The highest BCUT2D eigenvalue weighted by atomic mass is 32.1. The van der Waals surface area contributed by atoms with E-state index >= 15 is 0 Å². The van der Waals surface area contributed by atoms with Crippen LogP contribution < -0.4 is 16.0 Å². The predicted octanol–water partition coefficient (Wildman–Crippen LogP) is -0.455. The van der Waals surface area contributed by atoms with E-state index in [0.717, 1.165) is 11.5 Å². The van der Waals surface area contributed by atoms with E-state index in [1.54, 1.807) is 30.7 Å². The Morgan fingerprint density at radius 3 is 2.71 bits per heavy atom. The van der Waals surface area contributed by atoms with E-state index in [9.17, 15) is 4.79 Å². The number of rotatable bonds is 4. The lowest BCUT2D eigenvalue weighted by molar-refractivity contribution is -0.119. The number of nitrogens with one attached hydrogen (secondary N) is 1. The van der Waals surface area contributed by atoms with Gasteiger partial charge in [0.2, 0.25) is 5.91 Å². The molecule has 0 bridgehead atoms. The number of aryl methyl sites for hydroxylation is 2. The number of likely N-dealkylation sites (N-methyl/N-ethyl adjacent to an activating group) is 2. The quantitative estimate of drug-likeness (QED) is 0.712. The first-order valence-corrected chi connectivity index (χ1v) is 5.54. The van der Waals surface area contributed by atoms with Gasteiger partial charge in [0, 0.05) is 21.1 Å². The summed E-state index contributed by atoms with van der Waals surface area (Å²) in [6, 6.07) is 0. The van der Waals surface area contributed by atoms with Crippen molar-refractivity contribution in [3.05, 3.63) is 11.3 Å². The van der Waals surface area contributed by atoms with E-state index in [-0.39, 0.29) is 17.4 Å². The van der Waals surface area contributed by atoms with Gasteiger partial charge in [0.1, 0.15) is 10.8 Å². The standard InChI is InChI=1S/C10H17N5OS/c1-6-8(9(11)17)10(15(4)13-6)14(3)5-7(16)12-2/h5H2,1-4H3,(H2,11,17)(H,12,16). The highest BCUT2D eigenvalue weighted by Gasteiger charge is 2.19. The van der Waals surface area contributed by atoms with Crippen LogP contribution >= 0.6 is 12.2 Å². The fourth-order valence-corrected chi connectivity index (χ4v) is 1.98. The summed E-state index contributed by atoms with van der Waals surface area (Å²) in [5.41, 5.74) is 7.16. The lowest BCUT2D eigenvalue weighted by atomic mass is 10.2. The molecule has 0 atom stereocenters. The Balaban J connectivity index is 3.12. The molecule has 17 heavy (non-hydrogen) atoms. The van der Waals surface area contributed by atoms with Crippen LogP contribution in [0.2, 0.25) is 0 Å². The molecule has 7 heteroatoms. The van der Waals surface area contributed by atoms with Crippen LogP contribution in [0.4, 0.5) is 5.82 Å². The number of carbonyl (C=O) groups excluding carboxylic acids is 1. The van der Waals surface area contributed by atoms with Crippen LogP contribution in [0.5, 0.6) is 0 Å². The van der Waals surface area contributed by atoms with Crippen LogP contribution in [0.25, 0.3) is 0 Å². The summed E-state index contributed by atoms with van der Waals surface area (Å²) in [4.78, 5) is 13.4. The van der Waals surface area contributed by atoms with Crippen molar-refractivity contribution in [3.63, 3.8) is 0 Å². The predicted molar refractivity (Wildman–Crippen MR) is 71.2 cm³/mol. The molecule has 0 saturated carbocycles. The SMILES string of the molecule is CNC(=O)CN(C)c1c(C(N)=S)c(C)nn1C. The average Bonchev–Trinajstić information content (AvgIpc) is 2.53. The second-order valence-corrected chi connectivity index (χ2v) is 4.24. The Kier molecular flexibility index (Phi) is 4.06. The maximum absolute atomic E-state index is 11.3. The lowest BCUT2D eigenvalue weighted by Gasteiger charge is -2.19. The van der Waals surface area contributed by atoms with Crippen molar-refractivity contribution in [2.24, 2.45) is 12.8 Å². The topological polar surface area (TPSA) is 76.2 Å². The third kappa shape index (κ3) is 2.73. The van der Waals surface area contributed by atoms with Crippen molar-refractivity contribution >= 4 is 28.9 Å². The molecule has 1 amide bonds. The molecule has 1 rings (SSSR count). The highest BCUT2D eigenvalue weighted by Crippen LogP contribution is 2.21. The van der Waals surface area contributed by atoms with Crippen molar-refractivity contribution in [2.75, 3.05) is 25.5 Å². The minimum absolute atomic E-state index is 0.0831. The Hall–Kier alpha value is -1.63. The van der Waals surface area contributed by atoms with Gasteiger partial charge >= 0.3 is 0 Å². The van der Waals surface area contributed by atoms with Crippen LogP contribution in [0, 0.1) is 6.92 Å². The van der Waals surface area contributed by atoms with E-state index in [1.165, 1.54) is 0 Å². The van der Waals surface area contributed by atoms with E-state index in [0.29, 0.717) is 5.56 Å². The van der Waals surface area contributed by atoms with Gasteiger partial charge in [-0.3, -0.25) is 9.48 Å². The number of thiocarbonyl (C=S) groups is 1. The van der Waals surface area contributed by atoms with Gasteiger partial charge in [-0.05, 0) is 6.92 Å². The summed E-state index contributed by atoms with van der Waals surface area (Å²) in [5.74, 6) is 0.666. The molecule has 6 nitrogen and oxygen atoms in total. The number of hydrogen-bond donors (Lipinski definition) is 2. The van der Waals surface area contributed by atoms with Gasteiger partial charge in [-0.2, -0.15) is 5.10 Å². The first-order valence-electron chi connectivity index (χ1n) is 5.13. The van der Waals surface area contributed by atoms with Gasteiger partial charge in [-0.15, -0.1) is 0 Å². The first-order chi connectivity index (χ1) is 7.88. The third-order valence-electron chi connectivity index (χ3n) is 2.46. The number of nitrogens with two attached hydrogens (primary N) is 1. The van der Waals surface area contributed by atoms with Gasteiger partial charge in [-0.1, -0.05) is 12.2 Å². The zero-order chi connectivity index (χ0) is 13.2. The Morgan fingerprint density at radius 2 is 2.24 bits per heavy atom. The summed E-state index contributed by atoms with van der Waals surface area (Å²) >= 11 is 5.01. The fourth-order valence-electron chi connectivity index (χ4n) is 1.74. The molecule has 1 aromatic heterocycles. The zero-order valence-corrected chi connectivity index (χ0v) is 11.3. The van der Waals surface area contributed by atoms with Crippen molar-refractivity contribution in [1.29, 1.82) is 0 Å². The van der Waals surface area contributed by atoms with Gasteiger partial charge in [0.15, 0.2) is 0 Å². The van der Waals surface area contributed by atoms with Gasteiger partial charge in [0.05, 0.1) is 17.8 Å². The van der Waals surface area contributed by atoms with Gasteiger partial charge in [-0.25, -0.2) is 0 Å². The molecule has 94 valence electrons. The molecule has 0 unspecified atom stereocenters. The summed E-state index contributed by atoms with van der Waals surface area (Å²) in [6.07, 6.45) is 0. The number of carbonyl (C=O) groups is 1. The third-order valence-corrected chi connectivity index (χ3v) is 2.66. The van der Waals surface area contributed by atoms with Crippen molar-refractivity contribution < 1.29 is 4.79 Å². The number of aromatic nitrogens is 2. The summed E-state index contributed by atoms with van der Waals surface area (Å²) in [6.45, 7) is 2.07. The molecule has 3 N–H and O–H groups in total. The van der Waals surface area contributed by atoms with Crippen LogP contribution in [-0.4, -0.2) is 41.3 Å². The average molecular weight is 255 g/mol. The number of hydrogen-bond acceptors (Lipinski definition) is 4. The highest BCUT2D eigenvalue weighted by molar-refractivity contribution is 7.80. The zero-order valence-electron chi connectivity index (χ0n) is 10.4. The molecule has 0 spiro atoms. The minimum Gasteiger partial charge on any atom is -0.389 e. The second-order valence-electron chi connectivity index (χ2n) is 3.80. The van der Waals surface area contributed by atoms with E-state index in [2.05, 4.69) is 10.4 Å². The van der Waals surface area contributed by atoms with E-state index < -0.39 is 0 Å². The van der Waals surface area contributed by atoms with Crippen LogP contribution in [0.1, 0.15) is 11.3 Å². The van der Waals surface area contributed by atoms with Crippen molar-refractivity contribution in [3.8, 4) is 0 Å². The number of amides is 1. The van der Waals surface area contributed by atoms with Crippen LogP contribution in [-0.2, 0) is 11.8 Å². The second kappa shape index (κ2) is 5.13. The maximum Gasteiger partial charge on any atom is 0.239 e. The molecule has 1 aromatic rings. The molecule has 0 aliphatic heterocycles. The number of nitrogens with zero attached hydrogens (tertiary/aromatic N) is 3. The molecule has 0 aliphatic carbocycles. The Labute approximate surface area is 106 Å². The molecule has 0 radical (unpaired) electrons. The van der Waals surface area contributed by atoms with Gasteiger partial charge in [0.25, 0.3) is 0 Å². The molecule has 1 heterocycles. The Morgan fingerprint density at radius 1 is 1.65 bits per heavy atom.